The third-order valence-electron chi connectivity index (χ3n) is 1.88. The van der Waals surface area contributed by atoms with Crippen molar-refractivity contribution in [1.82, 2.24) is 0 Å². The molecule has 1 aromatic carbocycles. The van der Waals surface area contributed by atoms with Crippen LogP contribution in [0.1, 0.15) is 22.8 Å². The Balaban J connectivity index is 3.29. The van der Waals surface area contributed by atoms with Crippen LogP contribution in [0.2, 0.25) is 0 Å². The molecule has 0 fully saturated rings. The smallest absolute Gasteiger partial charge is 0.344 e. The predicted octanol–water partition coefficient (Wildman–Crippen LogP) is 2.59. The molecular weight excluding hydrogens is 209 g/mol. The van der Waals surface area contributed by atoms with E-state index in [9.17, 15) is 18.0 Å². The quantitative estimate of drug-likeness (QED) is 0.713. The van der Waals surface area contributed by atoms with E-state index < -0.39 is 34.5 Å². The summed E-state index contributed by atoms with van der Waals surface area (Å²) in [6, 6.07) is 0.463. The van der Waals surface area contributed by atoms with Crippen LogP contribution < -0.4 is 0 Å². The highest BCUT2D eigenvalue weighted by molar-refractivity contribution is 5.90. The van der Waals surface area contributed by atoms with Gasteiger partial charge in [-0.2, -0.15) is 0 Å². The zero-order valence-electron chi connectivity index (χ0n) is 8.23. The molecule has 0 heterocycles. The van der Waals surface area contributed by atoms with Crippen LogP contribution >= 0.6 is 0 Å². The molecule has 0 atom stereocenters. The van der Waals surface area contributed by atoms with Gasteiger partial charge in [0.2, 0.25) is 0 Å². The van der Waals surface area contributed by atoms with Gasteiger partial charge in [0.1, 0.15) is 23.0 Å². The minimum absolute atomic E-state index is 0.00582. The summed E-state index contributed by atoms with van der Waals surface area (Å²) in [6.07, 6.45) is 0. The lowest BCUT2D eigenvalue weighted by Crippen LogP contribution is -2.12. The van der Waals surface area contributed by atoms with Gasteiger partial charge in [-0.3, -0.25) is 0 Å². The number of halogens is 3. The van der Waals surface area contributed by atoms with Crippen LogP contribution in [-0.4, -0.2) is 12.6 Å². The highest BCUT2D eigenvalue weighted by Gasteiger charge is 2.22. The van der Waals surface area contributed by atoms with Gasteiger partial charge in [0.05, 0.1) is 6.61 Å². The fourth-order valence-electron chi connectivity index (χ4n) is 1.08. The molecule has 0 unspecified atom stereocenters. The standard InChI is InChI=1S/C10H9F3O2/c1-3-15-10(14)8-7(12)4-6(11)5(2)9(8)13/h4H,3H2,1-2H3. The molecule has 5 heteroatoms. The van der Waals surface area contributed by atoms with Gasteiger partial charge in [-0.1, -0.05) is 0 Å². The second-order valence-corrected chi connectivity index (χ2v) is 2.87. The third kappa shape index (κ3) is 2.11. The first kappa shape index (κ1) is 11.6. The SMILES string of the molecule is CCOC(=O)c1c(F)cc(F)c(C)c1F. The monoisotopic (exact) mass is 218 g/mol. The maximum Gasteiger partial charge on any atom is 0.344 e. The van der Waals surface area contributed by atoms with E-state index in [2.05, 4.69) is 4.74 Å². The fraction of sp³-hybridized carbons (Fsp3) is 0.300. The van der Waals surface area contributed by atoms with Crippen LogP contribution in [0, 0.1) is 24.4 Å². The van der Waals surface area contributed by atoms with Crippen LogP contribution in [0.5, 0.6) is 0 Å². The summed E-state index contributed by atoms with van der Waals surface area (Å²) in [4.78, 5) is 11.1. The molecule has 0 saturated carbocycles. The summed E-state index contributed by atoms with van der Waals surface area (Å²) in [5.41, 5.74) is -1.25. The van der Waals surface area contributed by atoms with Crippen molar-refractivity contribution >= 4 is 5.97 Å². The summed E-state index contributed by atoms with van der Waals surface area (Å²) in [5, 5.41) is 0. The van der Waals surface area contributed by atoms with Crippen molar-refractivity contribution in [3.8, 4) is 0 Å². The molecule has 2 nitrogen and oxygen atoms in total. The molecule has 0 bridgehead atoms. The third-order valence-corrected chi connectivity index (χ3v) is 1.88. The maximum atomic E-state index is 13.3. The lowest BCUT2D eigenvalue weighted by atomic mass is 10.1. The van der Waals surface area contributed by atoms with E-state index in [1.165, 1.54) is 6.92 Å². The molecule has 0 aliphatic rings. The number of esters is 1. The van der Waals surface area contributed by atoms with Crippen molar-refractivity contribution in [2.24, 2.45) is 0 Å². The number of carbonyl (C=O) groups excluding carboxylic acids is 1. The largest absolute Gasteiger partial charge is 0.462 e. The van der Waals surface area contributed by atoms with Crippen molar-refractivity contribution in [3.05, 3.63) is 34.6 Å². The van der Waals surface area contributed by atoms with Crippen LogP contribution in [0.25, 0.3) is 0 Å². The van der Waals surface area contributed by atoms with Gasteiger partial charge < -0.3 is 4.74 Å². The highest BCUT2D eigenvalue weighted by Crippen LogP contribution is 2.20. The zero-order chi connectivity index (χ0) is 11.6. The first-order chi connectivity index (χ1) is 6.99. The minimum Gasteiger partial charge on any atom is -0.462 e. The van der Waals surface area contributed by atoms with E-state index in [-0.39, 0.29) is 6.61 Å². The van der Waals surface area contributed by atoms with Gasteiger partial charge in [-0.25, -0.2) is 18.0 Å². The molecule has 0 radical (unpaired) electrons. The Kier molecular flexibility index (Phi) is 3.34. The van der Waals surface area contributed by atoms with E-state index in [1.807, 2.05) is 0 Å². The van der Waals surface area contributed by atoms with E-state index in [0.29, 0.717) is 6.07 Å². The lowest BCUT2D eigenvalue weighted by Gasteiger charge is -2.07. The van der Waals surface area contributed by atoms with Crippen molar-refractivity contribution in [1.29, 1.82) is 0 Å². The van der Waals surface area contributed by atoms with Gasteiger partial charge in [0.25, 0.3) is 0 Å². The van der Waals surface area contributed by atoms with Crippen LogP contribution in [0.4, 0.5) is 13.2 Å². The molecular formula is C10H9F3O2. The van der Waals surface area contributed by atoms with E-state index in [4.69, 9.17) is 0 Å². The number of hydrogen-bond acceptors (Lipinski definition) is 2. The Labute approximate surface area is 84.7 Å². The van der Waals surface area contributed by atoms with Crippen molar-refractivity contribution in [3.63, 3.8) is 0 Å². The second kappa shape index (κ2) is 4.33. The van der Waals surface area contributed by atoms with Crippen molar-refractivity contribution in [2.45, 2.75) is 13.8 Å². The topological polar surface area (TPSA) is 26.3 Å². The summed E-state index contributed by atoms with van der Waals surface area (Å²) < 4.78 is 43.7. The number of rotatable bonds is 2. The average molecular weight is 218 g/mol. The predicted molar refractivity (Wildman–Crippen MR) is 47.0 cm³/mol. The lowest BCUT2D eigenvalue weighted by molar-refractivity contribution is 0.0515. The molecule has 0 amide bonds. The van der Waals surface area contributed by atoms with Gasteiger partial charge in [0.15, 0.2) is 0 Å². The van der Waals surface area contributed by atoms with Crippen molar-refractivity contribution in [2.75, 3.05) is 6.61 Å². The minimum atomic E-state index is -1.26. The Morgan fingerprint density at radius 1 is 1.33 bits per heavy atom. The van der Waals surface area contributed by atoms with Crippen LogP contribution in [0.3, 0.4) is 0 Å². The number of hydrogen-bond donors (Lipinski definition) is 0. The normalized spacial score (nSPS) is 10.2. The van der Waals surface area contributed by atoms with E-state index >= 15 is 0 Å². The Hall–Kier alpha value is -1.52. The maximum absolute atomic E-state index is 13.3. The van der Waals surface area contributed by atoms with Crippen molar-refractivity contribution < 1.29 is 22.7 Å². The van der Waals surface area contributed by atoms with Gasteiger partial charge in [-0.05, 0) is 13.8 Å². The molecule has 0 aliphatic carbocycles. The first-order valence-corrected chi connectivity index (χ1v) is 4.30. The summed E-state index contributed by atoms with van der Waals surface area (Å²) in [6.45, 7) is 2.62. The van der Waals surface area contributed by atoms with E-state index in [1.54, 1.807) is 0 Å². The molecule has 1 rings (SSSR count). The Morgan fingerprint density at radius 3 is 2.47 bits per heavy atom. The molecule has 0 aromatic heterocycles. The molecule has 82 valence electrons. The Morgan fingerprint density at radius 2 is 1.93 bits per heavy atom. The number of benzene rings is 1. The molecule has 0 saturated heterocycles. The molecule has 0 spiro atoms. The average Bonchev–Trinajstić information content (AvgIpc) is 2.15. The Bertz CT molecular complexity index is 402. The summed E-state index contributed by atoms with van der Waals surface area (Å²) in [5.74, 6) is -4.63. The molecule has 0 aliphatic heterocycles. The van der Waals surface area contributed by atoms with Gasteiger partial charge in [-0.15, -0.1) is 0 Å². The summed E-state index contributed by atoms with van der Waals surface area (Å²) in [7, 11) is 0. The number of ether oxygens (including phenoxy) is 1. The highest BCUT2D eigenvalue weighted by atomic mass is 19.1. The number of carbonyl (C=O) groups is 1. The van der Waals surface area contributed by atoms with E-state index in [0.717, 1.165) is 6.92 Å². The molecule has 0 N–H and O–H groups in total. The zero-order valence-corrected chi connectivity index (χ0v) is 8.23. The second-order valence-electron chi connectivity index (χ2n) is 2.87. The van der Waals surface area contributed by atoms with Gasteiger partial charge >= 0.3 is 5.97 Å². The van der Waals surface area contributed by atoms with Crippen LogP contribution in [0.15, 0.2) is 6.07 Å². The summed E-state index contributed by atoms with van der Waals surface area (Å²) >= 11 is 0. The van der Waals surface area contributed by atoms with Crippen LogP contribution in [-0.2, 0) is 4.74 Å². The molecule has 1 aromatic rings. The molecule has 15 heavy (non-hydrogen) atoms. The fourth-order valence-corrected chi connectivity index (χ4v) is 1.08. The van der Waals surface area contributed by atoms with Gasteiger partial charge in [0, 0.05) is 11.6 Å². The first-order valence-electron chi connectivity index (χ1n) is 4.30.